The van der Waals surface area contributed by atoms with Crippen LogP contribution in [0.15, 0.2) is 29.1 Å². The lowest BCUT2D eigenvalue weighted by molar-refractivity contribution is 0.251. The van der Waals surface area contributed by atoms with Crippen molar-refractivity contribution < 1.29 is 9.53 Å². The summed E-state index contributed by atoms with van der Waals surface area (Å²) < 4.78 is 7.19. The maximum atomic E-state index is 12.0. The number of aromatic nitrogens is 2. The Kier molecular flexibility index (Phi) is 4.74. The van der Waals surface area contributed by atoms with Crippen LogP contribution in [0.25, 0.3) is 0 Å². The van der Waals surface area contributed by atoms with Gasteiger partial charge in [-0.2, -0.15) is 4.98 Å². The third kappa shape index (κ3) is 3.99. The molecule has 7 nitrogen and oxygen atoms in total. The molecule has 1 aromatic heterocycles. The van der Waals surface area contributed by atoms with Gasteiger partial charge in [0.2, 0.25) is 0 Å². The van der Waals surface area contributed by atoms with Crippen LogP contribution in [0.1, 0.15) is 23.9 Å². The maximum Gasteiger partial charge on any atom is 0.348 e. The third-order valence-corrected chi connectivity index (χ3v) is 4.12. The van der Waals surface area contributed by atoms with Gasteiger partial charge in [0.1, 0.15) is 11.9 Å². The van der Waals surface area contributed by atoms with Crippen molar-refractivity contribution in [1.82, 2.24) is 14.9 Å². The van der Waals surface area contributed by atoms with Crippen molar-refractivity contribution in [3.8, 4) is 5.75 Å². The number of carbonyl (C=O) groups excluding carboxylic acids is 1. The fraction of sp³-hybridized carbons (Fsp3) is 0.389. The Labute approximate surface area is 146 Å². The Bertz CT molecular complexity index is 860. The van der Waals surface area contributed by atoms with Crippen molar-refractivity contribution in [1.29, 1.82) is 0 Å². The average molecular weight is 342 g/mol. The molecule has 2 heterocycles. The van der Waals surface area contributed by atoms with Crippen LogP contribution in [0.4, 0.5) is 10.5 Å². The van der Waals surface area contributed by atoms with Gasteiger partial charge < -0.3 is 15.4 Å². The standard InChI is InChI=1S/C18H22N4O3/c1-11-8-12(2)22(18(24)20-11)7-6-19-17(23)21-15-4-5-16-14(10-15)9-13(3)25-16/h4-5,8,10,13H,6-7,9H2,1-3H3,(H2,19,21,23). The van der Waals surface area contributed by atoms with E-state index in [0.29, 0.717) is 18.8 Å². The second kappa shape index (κ2) is 6.96. The summed E-state index contributed by atoms with van der Waals surface area (Å²) >= 11 is 0. The summed E-state index contributed by atoms with van der Waals surface area (Å²) in [5.41, 5.74) is 3.04. The smallest absolute Gasteiger partial charge is 0.348 e. The van der Waals surface area contributed by atoms with E-state index in [-0.39, 0.29) is 17.8 Å². The quantitative estimate of drug-likeness (QED) is 0.890. The molecular formula is C18H22N4O3. The first-order valence-electron chi connectivity index (χ1n) is 8.32. The van der Waals surface area contributed by atoms with Crippen LogP contribution < -0.4 is 21.1 Å². The van der Waals surface area contributed by atoms with E-state index in [4.69, 9.17) is 4.74 Å². The largest absolute Gasteiger partial charge is 0.490 e. The number of benzene rings is 1. The molecule has 132 valence electrons. The Balaban J connectivity index is 1.54. The second-order valence-electron chi connectivity index (χ2n) is 6.31. The van der Waals surface area contributed by atoms with Crippen LogP contribution in [0.2, 0.25) is 0 Å². The van der Waals surface area contributed by atoms with E-state index in [1.807, 2.05) is 38.1 Å². The van der Waals surface area contributed by atoms with E-state index in [1.54, 1.807) is 11.5 Å². The van der Waals surface area contributed by atoms with Crippen molar-refractivity contribution in [2.75, 3.05) is 11.9 Å². The molecule has 0 bridgehead atoms. The monoisotopic (exact) mass is 342 g/mol. The molecule has 1 aliphatic rings. The molecular weight excluding hydrogens is 320 g/mol. The number of amides is 2. The Morgan fingerprint density at radius 2 is 2.16 bits per heavy atom. The first kappa shape index (κ1) is 17.0. The fourth-order valence-electron chi connectivity index (χ4n) is 3.00. The minimum atomic E-state index is -0.308. The van der Waals surface area contributed by atoms with Crippen LogP contribution in [-0.2, 0) is 13.0 Å². The minimum Gasteiger partial charge on any atom is -0.490 e. The second-order valence-corrected chi connectivity index (χ2v) is 6.31. The Hall–Kier alpha value is -2.83. The van der Waals surface area contributed by atoms with E-state index in [0.717, 1.165) is 29.1 Å². The summed E-state index contributed by atoms with van der Waals surface area (Å²) in [4.78, 5) is 27.8. The third-order valence-electron chi connectivity index (χ3n) is 4.12. The summed E-state index contributed by atoms with van der Waals surface area (Å²) in [7, 11) is 0. The van der Waals surface area contributed by atoms with E-state index in [2.05, 4.69) is 15.6 Å². The van der Waals surface area contributed by atoms with Gasteiger partial charge in [-0.05, 0) is 50.6 Å². The number of carbonyl (C=O) groups is 1. The van der Waals surface area contributed by atoms with Crippen molar-refractivity contribution in [2.24, 2.45) is 0 Å². The lowest BCUT2D eigenvalue weighted by atomic mass is 10.1. The normalized spacial score (nSPS) is 15.4. The van der Waals surface area contributed by atoms with E-state index in [9.17, 15) is 9.59 Å². The van der Waals surface area contributed by atoms with Crippen LogP contribution in [0.3, 0.4) is 0 Å². The van der Waals surface area contributed by atoms with Crippen molar-refractivity contribution in [3.05, 3.63) is 51.7 Å². The summed E-state index contributed by atoms with van der Waals surface area (Å²) in [5.74, 6) is 0.875. The van der Waals surface area contributed by atoms with Crippen molar-refractivity contribution in [2.45, 2.75) is 39.8 Å². The van der Waals surface area contributed by atoms with Gasteiger partial charge in [-0.15, -0.1) is 0 Å². The lowest BCUT2D eigenvalue weighted by Gasteiger charge is -2.11. The topological polar surface area (TPSA) is 85.3 Å². The van der Waals surface area contributed by atoms with Gasteiger partial charge in [0.15, 0.2) is 0 Å². The predicted octanol–water partition coefficient (Wildman–Crippen LogP) is 2.01. The van der Waals surface area contributed by atoms with Gasteiger partial charge in [0, 0.05) is 36.6 Å². The molecule has 0 aliphatic carbocycles. The number of hydrogen-bond acceptors (Lipinski definition) is 4. The number of aryl methyl sites for hydroxylation is 2. The number of nitrogens with one attached hydrogen (secondary N) is 2. The molecule has 2 N–H and O–H groups in total. The Morgan fingerprint density at radius 1 is 1.36 bits per heavy atom. The molecule has 0 fully saturated rings. The number of fused-ring (bicyclic) bond motifs is 1. The highest BCUT2D eigenvalue weighted by Crippen LogP contribution is 2.30. The SMILES string of the molecule is Cc1cc(C)n(CCNC(=O)Nc2ccc3c(c2)CC(C)O3)c(=O)n1. The van der Waals surface area contributed by atoms with E-state index in [1.165, 1.54) is 0 Å². The number of anilines is 1. The molecule has 0 radical (unpaired) electrons. The molecule has 7 heteroatoms. The van der Waals surface area contributed by atoms with Crippen LogP contribution in [0.5, 0.6) is 5.75 Å². The first-order valence-corrected chi connectivity index (χ1v) is 8.32. The minimum absolute atomic E-state index is 0.170. The van der Waals surface area contributed by atoms with Gasteiger partial charge >= 0.3 is 11.7 Å². The van der Waals surface area contributed by atoms with Gasteiger partial charge in [-0.25, -0.2) is 9.59 Å². The molecule has 0 saturated carbocycles. The fourth-order valence-corrected chi connectivity index (χ4v) is 3.00. The maximum absolute atomic E-state index is 12.0. The molecule has 1 atom stereocenters. The van der Waals surface area contributed by atoms with E-state index >= 15 is 0 Å². The number of nitrogens with zero attached hydrogens (tertiary/aromatic N) is 2. The molecule has 1 aliphatic heterocycles. The highest BCUT2D eigenvalue weighted by molar-refractivity contribution is 5.89. The molecule has 0 spiro atoms. The molecule has 2 amide bonds. The lowest BCUT2D eigenvalue weighted by Crippen LogP contribution is -2.35. The summed E-state index contributed by atoms with van der Waals surface area (Å²) in [6, 6.07) is 7.15. The number of urea groups is 1. The van der Waals surface area contributed by atoms with Crippen LogP contribution >= 0.6 is 0 Å². The Morgan fingerprint density at radius 3 is 2.92 bits per heavy atom. The molecule has 0 saturated heterocycles. The van der Waals surface area contributed by atoms with Crippen LogP contribution in [-0.4, -0.2) is 28.2 Å². The molecule has 2 aromatic rings. The van der Waals surface area contributed by atoms with Gasteiger partial charge in [-0.3, -0.25) is 4.57 Å². The average Bonchev–Trinajstić information content (AvgIpc) is 2.89. The molecule has 1 unspecified atom stereocenters. The molecule has 1 aromatic carbocycles. The molecule has 25 heavy (non-hydrogen) atoms. The number of hydrogen-bond donors (Lipinski definition) is 2. The first-order chi connectivity index (χ1) is 11.9. The highest BCUT2D eigenvalue weighted by atomic mass is 16.5. The zero-order valence-electron chi connectivity index (χ0n) is 14.6. The highest BCUT2D eigenvalue weighted by Gasteiger charge is 2.19. The summed E-state index contributed by atoms with van der Waals surface area (Å²) in [5, 5.41) is 5.56. The summed E-state index contributed by atoms with van der Waals surface area (Å²) in [6.45, 7) is 6.36. The predicted molar refractivity (Wildman–Crippen MR) is 95.2 cm³/mol. The van der Waals surface area contributed by atoms with E-state index < -0.39 is 0 Å². The zero-order valence-corrected chi connectivity index (χ0v) is 14.6. The molecule has 3 rings (SSSR count). The summed E-state index contributed by atoms with van der Waals surface area (Å²) in [6.07, 6.45) is 1.01. The van der Waals surface area contributed by atoms with Crippen LogP contribution in [0, 0.1) is 13.8 Å². The number of rotatable bonds is 4. The van der Waals surface area contributed by atoms with Crippen molar-refractivity contribution in [3.63, 3.8) is 0 Å². The van der Waals surface area contributed by atoms with Gasteiger partial charge in [0.05, 0.1) is 0 Å². The number of ether oxygens (including phenoxy) is 1. The van der Waals surface area contributed by atoms with Crippen molar-refractivity contribution >= 4 is 11.7 Å². The van der Waals surface area contributed by atoms with Gasteiger partial charge in [0.25, 0.3) is 0 Å². The zero-order chi connectivity index (χ0) is 18.0. The van der Waals surface area contributed by atoms with Gasteiger partial charge in [-0.1, -0.05) is 0 Å².